The average molecular weight is 1010 g/mol. The van der Waals surface area contributed by atoms with Crippen LogP contribution in [0.4, 0.5) is 0 Å². The van der Waals surface area contributed by atoms with Crippen LogP contribution in [0.2, 0.25) is 0 Å². The van der Waals surface area contributed by atoms with Crippen molar-refractivity contribution in [1.82, 2.24) is 0 Å². The molecule has 0 bridgehead atoms. The first-order valence-electron chi connectivity index (χ1n) is 28.5. The van der Waals surface area contributed by atoms with Gasteiger partial charge in [0, 0.05) is 19.3 Å². The molecule has 0 heterocycles. The quantitative estimate of drug-likeness (QED) is 0.0197. The summed E-state index contributed by atoms with van der Waals surface area (Å²) in [6, 6.07) is 0. The molecule has 0 aliphatic heterocycles. The molecule has 0 aromatic heterocycles. The number of phosphoric acid groups is 1. The van der Waals surface area contributed by atoms with Crippen LogP contribution in [0.1, 0.15) is 265 Å². The molecule has 0 amide bonds. The van der Waals surface area contributed by atoms with E-state index in [1.165, 1.54) is 89.9 Å². The second kappa shape index (κ2) is 52.8. The summed E-state index contributed by atoms with van der Waals surface area (Å²) in [6.45, 7) is 4.55. The summed E-state index contributed by atoms with van der Waals surface area (Å²) in [7, 11) is -4.75. The van der Waals surface area contributed by atoms with E-state index in [1.807, 2.05) is 0 Å². The van der Waals surface area contributed by atoms with Gasteiger partial charge in [0.15, 0.2) is 6.10 Å². The molecule has 0 radical (unpaired) electrons. The Hall–Kier alpha value is -2.56. The van der Waals surface area contributed by atoms with E-state index in [2.05, 4.69) is 69.4 Å². The third-order valence-electron chi connectivity index (χ3n) is 12.2. The lowest BCUT2D eigenvalue weighted by molar-refractivity contribution is -0.161. The first kappa shape index (κ1) is 67.4. The van der Waals surface area contributed by atoms with Crippen LogP contribution in [0.25, 0.3) is 0 Å². The Labute approximate surface area is 428 Å². The van der Waals surface area contributed by atoms with Gasteiger partial charge in [0.05, 0.1) is 19.8 Å². The van der Waals surface area contributed by atoms with Crippen molar-refractivity contribution in [2.75, 3.05) is 26.4 Å². The number of carbonyl (C=O) groups is 3. The highest BCUT2D eigenvalue weighted by atomic mass is 31.2. The van der Waals surface area contributed by atoms with Crippen LogP contribution < -0.4 is 0 Å². The van der Waals surface area contributed by atoms with Crippen molar-refractivity contribution in [2.24, 2.45) is 0 Å². The summed E-state index contributed by atoms with van der Waals surface area (Å²) < 4.78 is 39.5. The van der Waals surface area contributed by atoms with Crippen LogP contribution in [0.5, 0.6) is 0 Å². The smallest absolute Gasteiger partial charge is 0.462 e. The molecule has 11 nitrogen and oxygen atoms in total. The molecular formula is C58H105O11P. The van der Waals surface area contributed by atoms with Crippen LogP contribution in [0.15, 0.2) is 48.6 Å². The standard InChI is InChI=1S/C58H105O11P/c1-4-7-10-13-16-19-22-25-26-27-28-31-32-35-38-41-44-47-56(60)65-51-55(69-58(62)49-46-43-40-37-34-30-24-21-18-15-12-9-6-3)53-67-70(63,64)66-52-54(50-59)68-57(61)48-45-42-39-36-33-29-23-20-17-14-11-8-5-2/h12,15,20-21,23-26,54-55,59H,4-11,13-14,16-19,22,27-53H2,1-3H3,(H,63,64)/b15-12-,23-20-,24-21-,26-25-. The van der Waals surface area contributed by atoms with Gasteiger partial charge in [-0.2, -0.15) is 0 Å². The zero-order valence-electron chi connectivity index (χ0n) is 45.0. The number of esters is 3. The van der Waals surface area contributed by atoms with Crippen LogP contribution in [0.3, 0.4) is 0 Å². The third kappa shape index (κ3) is 50.4. The minimum atomic E-state index is -4.75. The minimum absolute atomic E-state index is 0.151. The fourth-order valence-corrected chi connectivity index (χ4v) is 8.58. The number of hydrogen-bond donors (Lipinski definition) is 2. The fourth-order valence-electron chi connectivity index (χ4n) is 7.80. The highest BCUT2D eigenvalue weighted by Crippen LogP contribution is 2.43. The van der Waals surface area contributed by atoms with Gasteiger partial charge in [0.25, 0.3) is 0 Å². The van der Waals surface area contributed by atoms with Crippen LogP contribution in [0, 0.1) is 0 Å². The molecule has 70 heavy (non-hydrogen) atoms. The van der Waals surface area contributed by atoms with Gasteiger partial charge in [-0.1, -0.05) is 198 Å². The maximum absolute atomic E-state index is 12.9. The van der Waals surface area contributed by atoms with Gasteiger partial charge in [0.1, 0.15) is 12.7 Å². The Balaban J connectivity index is 4.72. The van der Waals surface area contributed by atoms with Crippen molar-refractivity contribution in [3.63, 3.8) is 0 Å². The van der Waals surface area contributed by atoms with E-state index in [0.717, 1.165) is 116 Å². The molecule has 3 unspecified atom stereocenters. The molecule has 408 valence electrons. The normalized spacial score (nSPS) is 13.7. The Kier molecular flexibility index (Phi) is 50.8. The number of ether oxygens (including phenoxy) is 3. The molecule has 2 N–H and O–H groups in total. The molecule has 3 atom stereocenters. The van der Waals surface area contributed by atoms with Crippen LogP contribution in [-0.2, 0) is 42.2 Å². The van der Waals surface area contributed by atoms with Gasteiger partial charge in [-0.3, -0.25) is 23.4 Å². The van der Waals surface area contributed by atoms with E-state index < -0.39 is 57.8 Å². The van der Waals surface area contributed by atoms with Gasteiger partial charge in [-0.15, -0.1) is 0 Å². The Morgan fingerprint density at radius 3 is 1.14 bits per heavy atom. The van der Waals surface area contributed by atoms with E-state index in [9.17, 15) is 28.9 Å². The summed E-state index contributed by atoms with van der Waals surface area (Å²) in [6.07, 6.45) is 55.0. The Morgan fingerprint density at radius 1 is 0.400 bits per heavy atom. The first-order valence-corrected chi connectivity index (χ1v) is 30.0. The van der Waals surface area contributed by atoms with E-state index in [0.29, 0.717) is 19.3 Å². The maximum atomic E-state index is 12.9. The number of aliphatic hydroxyl groups is 1. The summed E-state index contributed by atoms with van der Waals surface area (Å²) in [5.74, 6) is -1.49. The van der Waals surface area contributed by atoms with E-state index in [-0.39, 0.29) is 25.9 Å². The lowest BCUT2D eigenvalue weighted by Gasteiger charge is -2.21. The summed E-state index contributed by atoms with van der Waals surface area (Å²) in [5.41, 5.74) is 0. The number of hydrogen-bond acceptors (Lipinski definition) is 10. The highest BCUT2D eigenvalue weighted by Gasteiger charge is 2.28. The van der Waals surface area contributed by atoms with E-state index in [4.69, 9.17) is 23.3 Å². The summed E-state index contributed by atoms with van der Waals surface area (Å²) >= 11 is 0. The Bertz CT molecular complexity index is 1360. The van der Waals surface area contributed by atoms with Gasteiger partial charge in [0.2, 0.25) is 0 Å². The van der Waals surface area contributed by atoms with Gasteiger partial charge < -0.3 is 24.2 Å². The molecule has 0 aromatic rings. The van der Waals surface area contributed by atoms with E-state index in [1.54, 1.807) is 0 Å². The van der Waals surface area contributed by atoms with Crippen molar-refractivity contribution in [1.29, 1.82) is 0 Å². The molecule has 0 aliphatic carbocycles. The zero-order chi connectivity index (χ0) is 51.3. The number of rotatable bonds is 53. The number of allylic oxidation sites excluding steroid dienone is 8. The second-order valence-corrected chi connectivity index (χ2v) is 20.5. The number of phosphoric ester groups is 1. The number of carbonyl (C=O) groups excluding carboxylic acids is 3. The lowest BCUT2D eigenvalue weighted by Crippen LogP contribution is -2.30. The molecule has 0 rings (SSSR count). The van der Waals surface area contributed by atoms with Crippen LogP contribution >= 0.6 is 7.82 Å². The van der Waals surface area contributed by atoms with Crippen molar-refractivity contribution in [3.8, 4) is 0 Å². The summed E-state index contributed by atoms with van der Waals surface area (Å²) in [4.78, 5) is 48.4. The predicted molar refractivity (Wildman–Crippen MR) is 289 cm³/mol. The largest absolute Gasteiger partial charge is 0.472 e. The number of unbranched alkanes of at least 4 members (excludes halogenated alkanes) is 28. The van der Waals surface area contributed by atoms with Crippen molar-refractivity contribution in [3.05, 3.63) is 48.6 Å². The van der Waals surface area contributed by atoms with Gasteiger partial charge in [-0.25, -0.2) is 4.57 Å². The minimum Gasteiger partial charge on any atom is -0.462 e. The van der Waals surface area contributed by atoms with Gasteiger partial charge >= 0.3 is 25.7 Å². The second-order valence-electron chi connectivity index (χ2n) is 19.1. The van der Waals surface area contributed by atoms with Crippen molar-refractivity contribution < 1.29 is 52.2 Å². The van der Waals surface area contributed by atoms with Gasteiger partial charge in [-0.05, 0) is 96.3 Å². The first-order chi connectivity index (χ1) is 34.2. The maximum Gasteiger partial charge on any atom is 0.472 e. The SMILES string of the molecule is CCC/C=C\C/C=C\CCCCCCCC(=O)OC(COC(=O)CCCCCCCCC/C=C\CCCCCCCC)COP(=O)(O)OCC(CO)OC(=O)CCCCCCC/C=C\CCCCCC. The zero-order valence-corrected chi connectivity index (χ0v) is 45.9. The average Bonchev–Trinajstić information content (AvgIpc) is 3.35. The molecular weight excluding hydrogens is 904 g/mol. The molecule has 12 heteroatoms. The molecule has 0 aliphatic rings. The summed E-state index contributed by atoms with van der Waals surface area (Å²) in [5, 5.41) is 9.79. The molecule has 0 fully saturated rings. The molecule has 0 saturated carbocycles. The monoisotopic (exact) mass is 1010 g/mol. The molecule has 0 aromatic carbocycles. The lowest BCUT2D eigenvalue weighted by atomic mass is 10.1. The topological polar surface area (TPSA) is 155 Å². The van der Waals surface area contributed by atoms with Crippen LogP contribution in [-0.4, -0.2) is 66.5 Å². The fraction of sp³-hybridized carbons (Fsp3) is 0.810. The van der Waals surface area contributed by atoms with Crippen molar-refractivity contribution in [2.45, 2.75) is 277 Å². The highest BCUT2D eigenvalue weighted by molar-refractivity contribution is 7.47. The molecule has 0 spiro atoms. The van der Waals surface area contributed by atoms with E-state index >= 15 is 0 Å². The molecule has 0 saturated heterocycles. The Morgan fingerprint density at radius 2 is 0.729 bits per heavy atom. The van der Waals surface area contributed by atoms with Crippen molar-refractivity contribution >= 4 is 25.7 Å². The third-order valence-corrected chi connectivity index (χ3v) is 13.1. The predicted octanol–water partition coefficient (Wildman–Crippen LogP) is 16.6. The number of aliphatic hydroxyl groups excluding tert-OH is 1.